The zero-order chi connectivity index (χ0) is 22.6. The average molecular weight is 417 g/mol. The number of carbonyl (C=O) groups is 3. The van der Waals surface area contributed by atoms with Gasteiger partial charge in [-0.1, -0.05) is 46.3 Å². The van der Waals surface area contributed by atoms with Gasteiger partial charge >= 0.3 is 11.9 Å². The van der Waals surface area contributed by atoms with E-state index in [-0.39, 0.29) is 41.4 Å². The first-order valence-electron chi connectivity index (χ1n) is 11.1. The largest absolute Gasteiger partial charge is 0.462 e. The lowest BCUT2D eigenvalue weighted by Crippen LogP contribution is -2.67. The first-order valence-corrected chi connectivity index (χ1v) is 11.1. The third kappa shape index (κ3) is 3.34. The van der Waals surface area contributed by atoms with Crippen molar-refractivity contribution in [3.8, 4) is 0 Å². The minimum atomic E-state index is -0.465. The molecule has 5 nitrogen and oxygen atoms in total. The second kappa shape index (κ2) is 7.65. The van der Waals surface area contributed by atoms with E-state index >= 15 is 0 Å². The predicted molar refractivity (Wildman–Crippen MR) is 114 cm³/mol. The Kier molecular flexibility index (Phi) is 5.81. The molecule has 0 aromatic rings. The van der Waals surface area contributed by atoms with E-state index in [0.717, 1.165) is 5.57 Å². The van der Waals surface area contributed by atoms with E-state index in [2.05, 4.69) is 20.8 Å². The van der Waals surface area contributed by atoms with E-state index in [9.17, 15) is 14.4 Å². The van der Waals surface area contributed by atoms with Gasteiger partial charge in [-0.05, 0) is 44.6 Å². The minimum absolute atomic E-state index is 0.0671. The van der Waals surface area contributed by atoms with E-state index in [0.29, 0.717) is 18.4 Å². The van der Waals surface area contributed by atoms with Gasteiger partial charge in [-0.25, -0.2) is 4.79 Å². The molecular formula is C25H36O5. The molecule has 0 aromatic carbocycles. The molecule has 0 aliphatic heterocycles. The molecule has 0 heterocycles. The standard InChI is InChI=1S/C25H36O5/c1-9-14(4)23(28)30-17-12-18(29-19(27)10-13(2)3)25(8)20-15(5)11-16(26)21(25)22(20)24(17,6)7/h9,11,13,17-18,20-22H,10,12H2,1-8H3/t17-,18-,20?,21?,22?,25?/m1/s1. The Bertz CT molecular complexity index is 817. The third-order valence-electron chi connectivity index (χ3n) is 7.89. The maximum absolute atomic E-state index is 13.1. The van der Waals surface area contributed by atoms with E-state index in [1.807, 2.05) is 20.8 Å². The molecule has 0 N–H and O–H groups in total. The number of esters is 2. The lowest BCUT2D eigenvalue weighted by atomic mass is 9.37. The number of allylic oxidation sites excluding steroid dienone is 3. The SMILES string of the molecule is CC=C(C)C(=O)O[C@@H]1C[C@@H](OC(=O)CC(C)C)C2(C)C3C(=O)C=C(C)C2C3C1(C)C. The van der Waals surface area contributed by atoms with Crippen molar-refractivity contribution in [3.63, 3.8) is 0 Å². The van der Waals surface area contributed by atoms with Crippen molar-refractivity contribution in [2.24, 2.45) is 34.5 Å². The fourth-order valence-electron chi connectivity index (χ4n) is 6.18. The molecule has 166 valence electrons. The van der Waals surface area contributed by atoms with Crippen molar-refractivity contribution in [1.29, 1.82) is 0 Å². The fraction of sp³-hybridized carbons (Fsp3) is 0.720. The molecule has 4 aliphatic rings. The topological polar surface area (TPSA) is 69.7 Å². The molecule has 30 heavy (non-hydrogen) atoms. The molecule has 0 amide bonds. The highest BCUT2D eigenvalue weighted by Crippen LogP contribution is 2.72. The van der Waals surface area contributed by atoms with E-state index in [4.69, 9.17) is 9.47 Å². The normalized spacial score (nSPS) is 37.1. The lowest BCUT2D eigenvalue weighted by Gasteiger charge is -2.65. The highest BCUT2D eigenvalue weighted by molar-refractivity contribution is 5.97. The lowest BCUT2D eigenvalue weighted by molar-refractivity contribution is -0.204. The summed E-state index contributed by atoms with van der Waals surface area (Å²) in [5.41, 5.74) is 0.725. The van der Waals surface area contributed by atoms with Gasteiger partial charge in [0, 0.05) is 35.2 Å². The van der Waals surface area contributed by atoms with Crippen molar-refractivity contribution < 1.29 is 23.9 Å². The monoisotopic (exact) mass is 416 g/mol. The maximum atomic E-state index is 13.1. The van der Waals surface area contributed by atoms with Gasteiger partial charge < -0.3 is 9.47 Å². The van der Waals surface area contributed by atoms with Crippen LogP contribution in [0, 0.1) is 34.5 Å². The zero-order valence-electron chi connectivity index (χ0n) is 19.6. The number of carbonyl (C=O) groups excluding carboxylic acids is 3. The number of hydrogen-bond acceptors (Lipinski definition) is 5. The van der Waals surface area contributed by atoms with Crippen LogP contribution in [0.15, 0.2) is 23.3 Å². The summed E-state index contributed by atoms with van der Waals surface area (Å²) in [4.78, 5) is 38.3. The van der Waals surface area contributed by atoms with Crippen LogP contribution in [0.25, 0.3) is 0 Å². The summed E-state index contributed by atoms with van der Waals surface area (Å²) < 4.78 is 12.0. The Balaban J connectivity index is 2.02. The third-order valence-corrected chi connectivity index (χ3v) is 7.89. The highest BCUT2D eigenvalue weighted by Gasteiger charge is 2.74. The van der Waals surface area contributed by atoms with Crippen molar-refractivity contribution in [2.75, 3.05) is 0 Å². The Morgan fingerprint density at radius 2 is 1.80 bits per heavy atom. The van der Waals surface area contributed by atoms with Crippen LogP contribution < -0.4 is 0 Å². The van der Waals surface area contributed by atoms with E-state index < -0.39 is 23.0 Å². The molecule has 0 radical (unpaired) electrons. The second-order valence-electron chi connectivity index (χ2n) is 10.6. The Hall–Kier alpha value is -1.91. The van der Waals surface area contributed by atoms with Crippen LogP contribution in [0.5, 0.6) is 0 Å². The molecule has 3 fully saturated rings. The van der Waals surface area contributed by atoms with Gasteiger partial charge in [0.15, 0.2) is 5.78 Å². The predicted octanol–water partition coefficient (Wildman–Crippen LogP) is 4.65. The zero-order valence-corrected chi connectivity index (χ0v) is 19.6. The first kappa shape index (κ1) is 22.8. The number of rotatable bonds is 5. The van der Waals surface area contributed by atoms with Gasteiger partial charge in [-0.2, -0.15) is 0 Å². The highest BCUT2D eigenvalue weighted by atomic mass is 16.6. The van der Waals surface area contributed by atoms with Gasteiger partial charge in [0.2, 0.25) is 0 Å². The molecular weight excluding hydrogens is 380 g/mol. The van der Waals surface area contributed by atoms with Crippen LogP contribution in [-0.2, 0) is 23.9 Å². The summed E-state index contributed by atoms with van der Waals surface area (Å²) >= 11 is 0. The Morgan fingerprint density at radius 1 is 1.17 bits per heavy atom. The summed E-state index contributed by atoms with van der Waals surface area (Å²) in [5, 5.41) is 0. The Morgan fingerprint density at radius 3 is 2.33 bits per heavy atom. The van der Waals surface area contributed by atoms with Gasteiger partial charge in [0.05, 0.1) is 0 Å². The molecule has 3 saturated carbocycles. The molecule has 0 aromatic heterocycles. The molecule has 0 saturated heterocycles. The van der Waals surface area contributed by atoms with Crippen molar-refractivity contribution in [3.05, 3.63) is 23.3 Å². The van der Waals surface area contributed by atoms with Crippen LogP contribution in [0.2, 0.25) is 0 Å². The number of ether oxygens (including phenoxy) is 2. The van der Waals surface area contributed by atoms with Crippen molar-refractivity contribution in [1.82, 2.24) is 0 Å². The number of ketones is 1. The second-order valence-corrected chi connectivity index (χ2v) is 10.6. The van der Waals surface area contributed by atoms with Gasteiger partial charge in [-0.15, -0.1) is 0 Å². The summed E-state index contributed by atoms with van der Waals surface area (Å²) in [6.07, 6.45) is 3.34. The molecule has 0 spiro atoms. The minimum Gasteiger partial charge on any atom is -0.462 e. The molecule has 4 unspecified atom stereocenters. The van der Waals surface area contributed by atoms with Crippen LogP contribution in [0.3, 0.4) is 0 Å². The molecule has 4 bridgehead atoms. The van der Waals surface area contributed by atoms with Crippen molar-refractivity contribution >= 4 is 17.7 Å². The summed E-state index contributed by atoms with van der Waals surface area (Å²) in [6, 6.07) is 0. The summed E-state index contributed by atoms with van der Waals surface area (Å²) in [7, 11) is 0. The van der Waals surface area contributed by atoms with Crippen LogP contribution in [-0.4, -0.2) is 29.9 Å². The van der Waals surface area contributed by atoms with Gasteiger partial charge in [-0.3, -0.25) is 9.59 Å². The summed E-state index contributed by atoms with van der Waals surface area (Å²) in [6.45, 7) is 15.8. The number of fused-ring (bicyclic) bond motifs is 3. The average Bonchev–Trinajstić information content (AvgIpc) is 2.72. The summed E-state index contributed by atoms with van der Waals surface area (Å²) in [5.74, 6) is -0.315. The van der Waals surface area contributed by atoms with E-state index in [1.54, 1.807) is 26.0 Å². The van der Waals surface area contributed by atoms with Crippen molar-refractivity contribution in [2.45, 2.75) is 80.4 Å². The van der Waals surface area contributed by atoms with Gasteiger partial charge in [0.25, 0.3) is 0 Å². The maximum Gasteiger partial charge on any atom is 0.333 e. The smallest absolute Gasteiger partial charge is 0.333 e. The first-order chi connectivity index (χ1) is 13.8. The molecule has 4 aliphatic carbocycles. The van der Waals surface area contributed by atoms with Crippen LogP contribution in [0.4, 0.5) is 0 Å². The van der Waals surface area contributed by atoms with Crippen LogP contribution in [0.1, 0.15) is 68.2 Å². The molecule has 4 rings (SSSR count). The van der Waals surface area contributed by atoms with Crippen LogP contribution >= 0.6 is 0 Å². The fourth-order valence-corrected chi connectivity index (χ4v) is 6.18. The molecule has 5 heteroatoms. The quantitative estimate of drug-likeness (QED) is 0.482. The molecule has 6 atom stereocenters. The van der Waals surface area contributed by atoms with Gasteiger partial charge in [0.1, 0.15) is 12.2 Å². The Labute approximate surface area is 180 Å². The van der Waals surface area contributed by atoms with E-state index in [1.165, 1.54) is 0 Å². The number of hydrogen-bond donors (Lipinski definition) is 0.